The zero-order chi connectivity index (χ0) is 13.5. The van der Waals surface area contributed by atoms with Crippen molar-refractivity contribution in [3.63, 3.8) is 0 Å². The maximum absolute atomic E-state index is 13.7. The molecule has 0 bridgehead atoms. The van der Waals surface area contributed by atoms with E-state index < -0.39 is 0 Å². The van der Waals surface area contributed by atoms with Crippen LogP contribution in [0.2, 0.25) is 0 Å². The number of rotatable bonds is 2. The van der Waals surface area contributed by atoms with E-state index in [1.54, 1.807) is 6.07 Å². The number of halogens is 1. The molecule has 1 aromatic carbocycles. The summed E-state index contributed by atoms with van der Waals surface area (Å²) in [7, 11) is 0. The summed E-state index contributed by atoms with van der Waals surface area (Å²) in [5.41, 5.74) is 8.83. The van der Waals surface area contributed by atoms with Gasteiger partial charge in [0.15, 0.2) is 0 Å². The van der Waals surface area contributed by atoms with Gasteiger partial charge in [-0.2, -0.15) is 0 Å². The van der Waals surface area contributed by atoms with Gasteiger partial charge in [-0.25, -0.2) is 4.39 Å². The van der Waals surface area contributed by atoms with Crippen LogP contribution < -0.4 is 10.6 Å². The fourth-order valence-corrected chi connectivity index (χ4v) is 2.83. The van der Waals surface area contributed by atoms with E-state index in [9.17, 15) is 4.39 Å². The van der Waals surface area contributed by atoms with Gasteiger partial charge in [0.25, 0.3) is 0 Å². The lowest BCUT2D eigenvalue weighted by Crippen LogP contribution is -2.39. The molecule has 0 aromatic heterocycles. The first-order valence-corrected chi connectivity index (χ1v) is 6.66. The molecule has 1 unspecified atom stereocenters. The maximum atomic E-state index is 13.7. The molecule has 1 aromatic rings. The Kier molecular flexibility index (Phi) is 3.37. The Morgan fingerprint density at radius 1 is 1.39 bits per heavy atom. The van der Waals surface area contributed by atoms with Crippen molar-refractivity contribution in [2.24, 2.45) is 5.73 Å². The van der Waals surface area contributed by atoms with Crippen LogP contribution in [0.15, 0.2) is 12.1 Å². The molecule has 1 saturated heterocycles. The van der Waals surface area contributed by atoms with E-state index in [1.165, 1.54) is 12.8 Å². The van der Waals surface area contributed by atoms with Crippen molar-refractivity contribution in [1.82, 2.24) is 0 Å². The first-order chi connectivity index (χ1) is 8.33. The van der Waals surface area contributed by atoms with Crippen LogP contribution in [0.3, 0.4) is 0 Å². The van der Waals surface area contributed by atoms with Gasteiger partial charge in [0.05, 0.1) is 0 Å². The minimum Gasteiger partial charge on any atom is -0.366 e. The molecular formula is C15H23FN2. The van der Waals surface area contributed by atoms with E-state index in [4.69, 9.17) is 5.73 Å². The normalized spacial score (nSPS) is 20.2. The lowest BCUT2D eigenvalue weighted by molar-refractivity contribution is 0.514. The second-order valence-electron chi connectivity index (χ2n) is 6.02. The molecule has 0 saturated carbocycles. The van der Waals surface area contributed by atoms with Crippen LogP contribution in [0.1, 0.15) is 50.8 Å². The molecular weight excluding hydrogens is 227 g/mol. The van der Waals surface area contributed by atoms with Gasteiger partial charge in [-0.05, 0) is 63.8 Å². The molecule has 1 atom stereocenters. The first-order valence-electron chi connectivity index (χ1n) is 6.66. The van der Waals surface area contributed by atoms with Gasteiger partial charge in [0, 0.05) is 23.8 Å². The molecule has 2 N–H and O–H groups in total. The Balaban J connectivity index is 2.52. The highest BCUT2D eigenvalue weighted by molar-refractivity contribution is 5.59. The lowest BCUT2D eigenvalue weighted by atomic mass is 9.97. The topological polar surface area (TPSA) is 29.3 Å². The minimum atomic E-state index is -0.164. The summed E-state index contributed by atoms with van der Waals surface area (Å²) in [6.45, 7) is 9.23. The second-order valence-corrected chi connectivity index (χ2v) is 6.02. The largest absolute Gasteiger partial charge is 0.366 e. The van der Waals surface area contributed by atoms with E-state index >= 15 is 0 Å². The molecule has 2 nitrogen and oxygen atoms in total. The molecule has 0 spiro atoms. The van der Waals surface area contributed by atoms with Crippen molar-refractivity contribution in [2.45, 2.75) is 52.1 Å². The minimum absolute atomic E-state index is 0.133. The molecule has 0 amide bonds. The molecule has 3 heteroatoms. The van der Waals surface area contributed by atoms with Crippen LogP contribution >= 0.6 is 0 Å². The average Bonchev–Trinajstić information content (AvgIpc) is 2.61. The Labute approximate surface area is 109 Å². The van der Waals surface area contributed by atoms with Crippen molar-refractivity contribution >= 4 is 5.69 Å². The van der Waals surface area contributed by atoms with Crippen molar-refractivity contribution in [3.05, 3.63) is 29.1 Å². The van der Waals surface area contributed by atoms with Gasteiger partial charge in [0.2, 0.25) is 0 Å². The van der Waals surface area contributed by atoms with Crippen LogP contribution in [-0.4, -0.2) is 12.1 Å². The summed E-state index contributed by atoms with van der Waals surface area (Å²) in [6.07, 6.45) is 2.35. The fraction of sp³-hybridized carbons (Fsp3) is 0.600. The molecule has 1 aliphatic rings. The number of aryl methyl sites for hydroxylation is 1. The number of hydrogen-bond acceptors (Lipinski definition) is 2. The molecule has 0 aliphatic carbocycles. The third-order valence-electron chi connectivity index (χ3n) is 3.99. The summed E-state index contributed by atoms with van der Waals surface area (Å²) >= 11 is 0. The van der Waals surface area contributed by atoms with Gasteiger partial charge in [0.1, 0.15) is 5.82 Å². The van der Waals surface area contributed by atoms with Crippen molar-refractivity contribution < 1.29 is 4.39 Å². The summed E-state index contributed by atoms with van der Waals surface area (Å²) in [4.78, 5) is 2.37. The Bertz CT molecular complexity index is 452. The van der Waals surface area contributed by atoms with E-state index in [2.05, 4.69) is 18.7 Å². The van der Waals surface area contributed by atoms with Gasteiger partial charge in [-0.1, -0.05) is 0 Å². The molecule has 1 heterocycles. The van der Waals surface area contributed by atoms with E-state index in [1.807, 2.05) is 19.9 Å². The van der Waals surface area contributed by atoms with Gasteiger partial charge >= 0.3 is 0 Å². The molecule has 1 aliphatic heterocycles. The standard InChI is InChI=1S/C15H23FN2/c1-10-8-14(12(11(2)17)9-13(10)16)18-7-5-6-15(18,3)4/h8-9,11H,5-7,17H2,1-4H3. The number of nitrogens with zero attached hydrogens (tertiary/aromatic N) is 1. The SMILES string of the molecule is Cc1cc(N2CCCC2(C)C)c(C(C)N)cc1F. The molecule has 18 heavy (non-hydrogen) atoms. The smallest absolute Gasteiger partial charge is 0.126 e. The highest BCUT2D eigenvalue weighted by Crippen LogP contribution is 2.38. The third-order valence-corrected chi connectivity index (χ3v) is 3.99. The van der Waals surface area contributed by atoms with Gasteiger partial charge in [-0.15, -0.1) is 0 Å². The predicted molar refractivity (Wildman–Crippen MR) is 74.4 cm³/mol. The molecule has 0 radical (unpaired) electrons. The van der Waals surface area contributed by atoms with Gasteiger partial charge < -0.3 is 10.6 Å². The molecule has 1 fully saturated rings. The van der Waals surface area contributed by atoms with Crippen LogP contribution in [0.4, 0.5) is 10.1 Å². The quantitative estimate of drug-likeness (QED) is 0.870. The highest BCUT2D eigenvalue weighted by Gasteiger charge is 2.33. The average molecular weight is 250 g/mol. The zero-order valence-corrected chi connectivity index (χ0v) is 11.8. The maximum Gasteiger partial charge on any atom is 0.126 e. The van der Waals surface area contributed by atoms with Crippen LogP contribution in [0.25, 0.3) is 0 Å². The lowest BCUT2D eigenvalue weighted by Gasteiger charge is -2.36. The van der Waals surface area contributed by atoms with E-state index in [0.29, 0.717) is 5.56 Å². The van der Waals surface area contributed by atoms with E-state index in [-0.39, 0.29) is 17.4 Å². The third kappa shape index (κ3) is 2.24. The summed E-state index contributed by atoms with van der Waals surface area (Å²) in [5, 5.41) is 0. The fourth-order valence-electron chi connectivity index (χ4n) is 2.83. The Hall–Kier alpha value is -1.09. The first kappa shape index (κ1) is 13.3. The van der Waals surface area contributed by atoms with Crippen LogP contribution in [-0.2, 0) is 0 Å². The van der Waals surface area contributed by atoms with Crippen molar-refractivity contribution in [1.29, 1.82) is 0 Å². The number of anilines is 1. The van der Waals surface area contributed by atoms with Crippen molar-refractivity contribution in [2.75, 3.05) is 11.4 Å². The summed E-state index contributed by atoms with van der Waals surface area (Å²) in [5.74, 6) is -0.164. The summed E-state index contributed by atoms with van der Waals surface area (Å²) in [6, 6.07) is 3.40. The Morgan fingerprint density at radius 3 is 2.56 bits per heavy atom. The summed E-state index contributed by atoms with van der Waals surface area (Å²) < 4.78 is 13.7. The molecule has 100 valence electrons. The molecule has 2 rings (SSSR count). The number of nitrogens with two attached hydrogens (primary N) is 1. The number of hydrogen-bond donors (Lipinski definition) is 1. The van der Waals surface area contributed by atoms with Crippen molar-refractivity contribution in [3.8, 4) is 0 Å². The monoisotopic (exact) mass is 250 g/mol. The number of benzene rings is 1. The van der Waals surface area contributed by atoms with E-state index in [0.717, 1.165) is 17.8 Å². The zero-order valence-electron chi connectivity index (χ0n) is 11.8. The van der Waals surface area contributed by atoms with Crippen LogP contribution in [0.5, 0.6) is 0 Å². The van der Waals surface area contributed by atoms with Crippen LogP contribution in [0, 0.1) is 12.7 Å². The van der Waals surface area contributed by atoms with Gasteiger partial charge in [-0.3, -0.25) is 0 Å². The highest BCUT2D eigenvalue weighted by atomic mass is 19.1. The second kappa shape index (κ2) is 4.54. The Morgan fingerprint density at radius 2 is 2.06 bits per heavy atom. The predicted octanol–water partition coefficient (Wildman–Crippen LogP) is 3.53.